The van der Waals surface area contributed by atoms with E-state index in [1.165, 1.54) is 0 Å². The van der Waals surface area contributed by atoms with E-state index in [4.69, 9.17) is 4.74 Å². The van der Waals surface area contributed by atoms with Gasteiger partial charge in [-0.05, 0) is 18.6 Å². The Hall–Kier alpha value is -0.880. The van der Waals surface area contributed by atoms with Gasteiger partial charge in [-0.2, -0.15) is 23.5 Å². The first-order valence-electron chi connectivity index (χ1n) is 5.74. The van der Waals surface area contributed by atoms with Gasteiger partial charge in [0, 0.05) is 29.1 Å². The van der Waals surface area contributed by atoms with Crippen molar-refractivity contribution >= 4 is 29.2 Å². The number of nitrogens with zero attached hydrogens (tertiary/aromatic N) is 1. The molecule has 1 heterocycles. The van der Waals surface area contributed by atoms with E-state index in [9.17, 15) is 10.1 Å². The van der Waals surface area contributed by atoms with Crippen molar-refractivity contribution in [2.75, 3.05) is 23.0 Å². The molecule has 0 atom stereocenters. The zero-order valence-corrected chi connectivity index (χ0v) is 11.8. The van der Waals surface area contributed by atoms with Gasteiger partial charge in [0.1, 0.15) is 6.10 Å². The SMILES string of the molecule is Cc1ccc(OC2CSCCSC2)c([N+](=O)[O-])c1. The van der Waals surface area contributed by atoms with Crippen LogP contribution in [0.4, 0.5) is 5.69 Å². The number of aryl methyl sites for hydroxylation is 1. The Morgan fingerprint density at radius 2 is 2.00 bits per heavy atom. The Morgan fingerprint density at radius 1 is 1.33 bits per heavy atom. The lowest BCUT2D eigenvalue weighted by Crippen LogP contribution is -2.22. The number of hydrogen-bond donors (Lipinski definition) is 0. The fraction of sp³-hybridized carbons (Fsp3) is 0.500. The third kappa shape index (κ3) is 3.55. The van der Waals surface area contributed by atoms with Crippen molar-refractivity contribution in [3.63, 3.8) is 0 Å². The number of rotatable bonds is 3. The van der Waals surface area contributed by atoms with Crippen molar-refractivity contribution in [2.24, 2.45) is 0 Å². The van der Waals surface area contributed by atoms with Crippen LogP contribution in [0, 0.1) is 17.0 Å². The summed E-state index contributed by atoms with van der Waals surface area (Å²) in [6.45, 7) is 1.84. The van der Waals surface area contributed by atoms with Crippen molar-refractivity contribution in [3.05, 3.63) is 33.9 Å². The second-order valence-corrected chi connectivity index (χ2v) is 6.42. The average molecular weight is 285 g/mol. The second-order valence-electron chi connectivity index (χ2n) is 4.12. The van der Waals surface area contributed by atoms with E-state index in [0.717, 1.165) is 28.6 Å². The van der Waals surface area contributed by atoms with Crippen molar-refractivity contribution in [2.45, 2.75) is 13.0 Å². The lowest BCUT2D eigenvalue weighted by molar-refractivity contribution is -0.386. The molecule has 0 aliphatic carbocycles. The highest BCUT2D eigenvalue weighted by Crippen LogP contribution is 2.30. The average Bonchev–Trinajstić information content (AvgIpc) is 2.60. The number of hydrogen-bond acceptors (Lipinski definition) is 5. The molecule has 0 spiro atoms. The Labute approximate surface area is 115 Å². The number of nitro groups is 1. The molecule has 0 bridgehead atoms. The van der Waals surface area contributed by atoms with Crippen LogP contribution >= 0.6 is 23.5 Å². The fourth-order valence-electron chi connectivity index (χ4n) is 1.71. The third-order valence-electron chi connectivity index (χ3n) is 2.58. The van der Waals surface area contributed by atoms with E-state index in [1.54, 1.807) is 12.1 Å². The van der Waals surface area contributed by atoms with E-state index >= 15 is 0 Å². The molecule has 98 valence electrons. The Morgan fingerprint density at radius 3 is 2.61 bits per heavy atom. The van der Waals surface area contributed by atoms with Crippen molar-refractivity contribution < 1.29 is 9.66 Å². The molecule has 1 aliphatic heterocycles. The van der Waals surface area contributed by atoms with E-state index in [1.807, 2.05) is 36.5 Å². The van der Waals surface area contributed by atoms with Crippen molar-refractivity contribution in [1.29, 1.82) is 0 Å². The van der Waals surface area contributed by atoms with Gasteiger partial charge in [-0.15, -0.1) is 0 Å². The molecule has 0 N–H and O–H groups in total. The molecule has 4 nitrogen and oxygen atoms in total. The number of ether oxygens (including phenoxy) is 1. The molecule has 0 saturated carbocycles. The molecule has 0 radical (unpaired) electrons. The monoisotopic (exact) mass is 285 g/mol. The van der Waals surface area contributed by atoms with Gasteiger partial charge in [-0.1, -0.05) is 6.07 Å². The van der Waals surface area contributed by atoms with Crippen LogP contribution in [-0.2, 0) is 0 Å². The van der Waals surface area contributed by atoms with Gasteiger partial charge in [0.15, 0.2) is 5.75 Å². The zero-order chi connectivity index (χ0) is 13.0. The minimum Gasteiger partial charge on any atom is -0.482 e. The molecule has 1 saturated heterocycles. The standard InChI is InChI=1S/C12H15NO3S2/c1-9-2-3-12(11(6-9)13(14)15)16-10-7-17-4-5-18-8-10/h2-3,6,10H,4-5,7-8H2,1H3. The maximum absolute atomic E-state index is 11.0. The first-order valence-corrected chi connectivity index (χ1v) is 8.05. The van der Waals surface area contributed by atoms with E-state index in [0.29, 0.717) is 5.75 Å². The van der Waals surface area contributed by atoms with Crippen LogP contribution in [0.2, 0.25) is 0 Å². The summed E-state index contributed by atoms with van der Waals surface area (Å²) in [4.78, 5) is 10.6. The fourth-order valence-corrected chi connectivity index (χ4v) is 4.04. The molecule has 6 heteroatoms. The summed E-state index contributed by atoms with van der Waals surface area (Å²) in [7, 11) is 0. The summed E-state index contributed by atoms with van der Waals surface area (Å²) in [6.07, 6.45) is 0.0592. The molecule has 0 unspecified atom stereocenters. The lowest BCUT2D eigenvalue weighted by atomic mass is 10.2. The van der Waals surface area contributed by atoms with Crippen LogP contribution in [0.25, 0.3) is 0 Å². The molecule has 1 aromatic carbocycles. The summed E-state index contributed by atoms with van der Waals surface area (Å²) in [5.74, 6) is 4.44. The zero-order valence-electron chi connectivity index (χ0n) is 10.1. The second kappa shape index (κ2) is 6.33. The number of thioether (sulfide) groups is 2. The smallest absolute Gasteiger partial charge is 0.311 e. The highest BCUT2D eigenvalue weighted by atomic mass is 32.2. The molecule has 0 amide bonds. The highest BCUT2D eigenvalue weighted by Gasteiger charge is 2.20. The van der Waals surface area contributed by atoms with Gasteiger partial charge in [0.05, 0.1) is 4.92 Å². The Kier molecular flexibility index (Phi) is 4.77. The van der Waals surface area contributed by atoms with Gasteiger partial charge < -0.3 is 4.74 Å². The van der Waals surface area contributed by atoms with E-state index in [-0.39, 0.29) is 16.7 Å². The van der Waals surface area contributed by atoms with Crippen LogP contribution < -0.4 is 4.74 Å². The summed E-state index contributed by atoms with van der Waals surface area (Å²) in [5, 5.41) is 11.0. The quantitative estimate of drug-likeness (QED) is 0.631. The predicted molar refractivity (Wildman–Crippen MR) is 76.9 cm³/mol. The highest BCUT2D eigenvalue weighted by molar-refractivity contribution is 8.03. The van der Waals surface area contributed by atoms with Crippen molar-refractivity contribution in [1.82, 2.24) is 0 Å². The molecule has 2 rings (SSSR count). The maximum atomic E-state index is 11.0. The maximum Gasteiger partial charge on any atom is 0.311 e. The van der Waals surface area contributed by atoms with Gasteiger partial charge in [0.2, 0.25) is 0 Å². The van der Waals surface area contributed by atoms with Crippen LogP contribution in [0.3, 0.4) is 0 Å². The Balaban J connectivity index is 2.14. The van der Waals surface area contributed by atoms with Gasteiger partial charge in [0.25, 0.3) is 0 Å². The third-order valence-corrected chi connectivity index (χ3v) is 5.04. The van der Waals surface area contributed by atoms with Gasteiger partial charge in [-0.3, -0.25) is 10.1 Å². The van der Waals surface area contributed by atoms with E-state index in [2.05, 4.69) is 0 Å². The van der Waals surface area contributed by atoms with Crippen LogP contribution in [0.5, 0.6) is 5.75 Å². The summed E-state index contributed by atoms with van der Waals surface area (Å²) >= 11 is 3.69. The summed E-state index contributed by atoms with van der Waals surface area (Å²) < 4.78 is 5.80. The molecule has 18 heavy (non-hydrogen) atoms. The molecule has 1 aliphatic rings. The summed E-state index contributed by atoms with van der Waals surface area (Å²) in [5.41, 5.74) is 0.938. The minimum atomic E-state index is -0.376. The molecule has 0 aromatic heterocycles. The first kappa shape index (κ1) is 13.5. The van der Waals surface area contributed by atoms with Gasteiger partial charge >= 0.3 is 5.69 Å². The molecule has 1 fully saturated rings. The van der Waals surface area contributed by atoms with Crippen LogP contribution in [-0.4, -0.2) is 34.0 Å². The van der Waals surface area contributed by atoms with Crippen LogP contribution in [0.1, 0.15) is 5.56 Å². The molecule has 1 aromatic rings. The Bertz CT molecular complexity index is 431. The van der Waals surface area contributed by atoms with Crippen LogP contribution in [0.15, 0.2) is 18.2 Å². The lowest BCUT2D eigenvalue weighted by Gasteiger charge is -2.16. The molecular weight excluding hydrogens is 270 g/mol. The summed E-state index contributed by atoms with van der Waals surface area (Å²) in [6, 6.07) is 5.11. The van der Waals surface area contributed by atoms with E-state index < -0.39 is 0 Å². The number of benzene rings is 1. The largest absolute Gasteiger partial charge is 0.482 e. The topological polar surface area (TPSA) is 52.4 Å². The minimum absolute atomic E-state index is 0.0592. The molecular formula is C12H15NO3S2. The first-order chi connectivity index (χ1) is 8.66. The number of nitro benzene ring substituents is 1. The predicted octanol–water partition coefficient (Wildman–Crippen LogP) is 3.13. The van der Waals surface area contributed by atoms with Crippen molar-refractivity contribution in [3.8, 4) is 5.75 Å². The van der Waals surface area contributed by atoms with Gasteiger partial charge in [-0.25, -0.2) is 0 Å². The normalized spacial score (nSPS) is 17.2.